The quantitative estimate of drug-likeness (QED) is 0.654. The van der Waals surface area contributed by atoms with Crippen LogP contribution in [0.25, 0.3) is 0 Å². The second kappa shape index (κ2) is 13.3. The number of nitrogens with one attached hydrogen (secondary N) is 2. The number of benzene rings is 1. The van der Waals surface area contributed by atoms with E-state index in [1.807, 2.05) is 31.2 Å². The lowest BCUT2D eigenvalue weighted by Crippen LogP contribution is -2.43. The standard InChI is InChI=1S/C22H36N2O3/c1-2-26-20-14-16-21(17-15-20)27-18-23-22(25)24-19-12-10-8-6-4-3-5-7-9-11-13-19/h14-17,19H,2-13,18H2,1H3,(H2,23,24,25). The molecular formula is C22H36N2O3. The van der Waals surface area contributed by atoms with Gasteiger partial charge in [0.05, 0.1) is 6.61 Å². The molecule has 0 radical (unpaired) electrons. The van der Waals surface area contributed by atoms with E-state index in [0.29, 0.717) is 12.4 Å². The summed E-state index contributed by atoms with van der Waals surface area (Å²) in [6.45, 7) is 2.75. The zero-order chi connectivity index (χ0) is 19.2. The van der Waals surface area contributed by atoms with Gasteiger partial charge in [0, 0.05) is 6.04 Å². The third-order valence-corrected chi connectivity index (χ3v) is 5.05. The van der Waals surface area contributed by atoms with E-state index in [4.69, 9.17) is 9.47 Å². The number of carbonyl (C=O) groups excluding carboxylic acids is 1. The molecule has 0 spiro atoms. The molecule has 0 aliphatic heterocycles. The highest BCUT2D eigenvalue weighted by Crippen LogP contribution is 2.18. The Bertz CT molecular complexity index is 507. The number of carbonyl (C=O) groups is 1. The van der Waals surface area contributed by atoms with Crippen LogP contribution in [0, 0.1) is 0 Å². The van der Waals surface area contributed by atoms with E-state index in [1.54, 1.807) is 0 Å². The van der Waals surface area contributed by atoms with E-state index < -0.39 is 0 Å². The van der Waals surface area contributed by atoms with Gasteiger partial charge in [0.25, 0.3) is 0 Å². The van der Waals surface area contributed by atoms with Crippen LogP contribution < -0.4 is 20.1 Å². The van der Waals surface area contributed by atoms with Crippen molar-refractivity contribution in [3.8, 4) is 11.5 Å². The summed E-state index contributed by atoms with van der Waals surface area (Å²) in [5.74, 6) is 1.53. The van der Waals surface area contributed by atoms with Crippen LogP contribution >= 0.6 is 0 Å². The van der Waals surface area contributed by atoms with Gasteiger partial charge in [-0.25, -0.2) is 4.79 Å². The molecule has 1 aliphatic carbocycles. The van der Waals surface area contributed by atoms with Crippen molar-refractivity contribution >= 4 is 6.03 Å². The van der Waals surface area contributed by atoms with Crippen LogP contribution in [-0.4, -0.2) is 25.4 Å². The van der Waals surface area contributed by atoms with Gasteiger partial charge < -0.3 is 20.1 Å². The van der Waals surface area contributed by atoms with Crippen molar-refractivity contribution in [3.63, 3.8) is 0 Å². The predicted octanol–water partition coefficient (Wildman–Crippen LogP) is 5.39. The fourth-order valence-corrected chi connectivity index (χ4v) is 3.53. The summed E-state index contributed by atoms with van der Waals surface area (Å²) in [5, 5.41) is 5.93. The molecule has 1 aliphatic rings. The Kier molecular flexibility index (Phi) is 10.5. The smallest absolute Gasteiger partial charge is 0.317 e. The molecule has 0 bridgehead atoms. The lowest BCUT2D eigenvalue weighted by atomic mass is 9.98. The maximum atomic E-state index is 12.2. The topological polar surface area (TPSA) is 59.6 Å². The monoisotopic (exact) mass is 376 g/mol. The van der Waals surface area contributed by atoms with Crippen molar-refractivity contribution in [2.24, 2.45) is 0 Å². The van der Waals surface area contributed by atoms with Gasteiger partial charge in [-0.2, -0.15) is 0 Å². The summed E-state index contributed by atoms with van der Waals surface area (Å²) >= 11 is 0. The first-order valence-corrected chi connectivity index (χ1v) is 10.7. The van der Waals surface area contributed by atoms with Gasteiger partial charge in [0.15, 0.2) is 6.73 Å². The number of urea groups is 1. The summed E-state index contributed by atoms with van der Waals surface area (Å²) in [4.78, 5) is 12.2. The van der Waals surface area contributed by atoms with Crippen LogP contribution in [0.2, 0.25) is 0 Å². The molecule has 1 fully saturated rings. The normalized spacial score (nSPS) is 17.2. The second-order valence-corrected chi connectivity index (χ2v) is 7.30. The van der Waals surface area contributed by atoms with Gasteiger partial charge in [-0.1, -0.05) is 57.8 Å². The zero-order valence-electron chi connectivity index (χ0n) is 16.8. The van der Waals surface area contributed by atoms with Crippen LogP contribution in [-0.2, 0) is 0 Å². The van der Waals surface area contributed by atoms with Crippen molar-refractivity contribution in [1.82, 2.24) is 10.6 Å². The Morgan fingerprint density at radius 2 is 1.33 bits per heavy atom. The summed E-state index contributed by atoms with van der Waals surface area (Å²) in [7, 11) is 0. The molecule has 5 heteroatoms. The molecular weight excluding hydrogens is 340 g/mol. The Labute approximate surface area is 164 Å². The average molecular weight is 377 g/mol. The van der Waals surface area contributed by atoms with Gasteiger partial charge in [-0.05, 0) is 44.0 Å². The number of hydrogen-bond donors (Lipinski definition) is 2. The van der Waals surface area contributed by atoms with E-state index in [9.17, 15) is 4.79 Å². The summed E-state index contributed by atoms with van der Waals surface area (Å²) in [6.07, 6.45) is 13.9. The highest BCUT2D eigenvalue weighted by atomic mass is 16.5. The first-order chi connectivity index (χ1) is 13.3. The molecule has 1 aromatic rings. The lowest BCUT2D eigenvalue weighted by molar-refractivity contribution is 0.218. The highest BCUT2D eigenvalue weighted by molar-refractivity contribution is 5.74. The Hall–Kier alpha value is -1.91. The Morgan fingerprint density at radius 1 is 0.852 bits per heavy atom. The largest absolute Gasteiger partial charge is 0.494 e. The first-order valence-electron chi connectivity index (χ1n) is 10.7. The third kappa shape index (κ3) is 9.55. The maximum Gasteiger partial charge on any atom is 0.317 e. The van der Waals surface area contributed by atoms with Gasteiger partial charge in [0.1, 0.15) is 11.5 Å². The molecule has 2 N–H and O–H groups in total. The zero-order valence-corrected chi connectivity index (χ0v) is 16.8. The fourth-order valence-electron chi connectivity index (χ4n) is 3.53. The number of ether oxygens (including phenoxy) is 2. The van der Waals surface area contributed by atoms with Crippen molar-refractivity contribution in [1.29, 1.82) is 0 Å². The Morgan fingerprint density at radius 3 is 1.85 bits per heavy atom. The van der Waals surface area contributed by atoms with E-state index in [1.165, 1.54) is 57.8 Å². The van der Waals surface area contributed by atoms with Gasteiger partial charge >= 0.3 is 6.03 Å². The molecule has 1 aromatic carbocycles. The summed E-state index contributed by atoms with van der Waals surface area (Å²) in [5.41, 5.74) is 0. The van der Waals surface area contributed by atoms with Crippen LogP contribution in [0.5, 0.6) is 11.5 Å². The van der Waals surface area contributed by atoms with Gasteiger partial charge in [-0.3, -0.25) is 0 Å². The van der Waals surface area contributed by atoms with E-state index in [2.05, 4.69) is 10.6 Å². The van der Waals surface area contributed by atoms with Crippen molar-refractivity contribution in [3.05, 3.63) is 24.3 Å². The molecule has 0 atom stereocenters. The van der Waals surface area contributed by atoms with Crippen molar-refractivity contribution < 1.29 is 14.3 Å². The minimum atomic E-state index is -0.141. The first kappa shape index (κ1) is 21.4. The molecule has 1 saturated carbocycles. The van der Waals surface area contributed by atoms with Crippen LogP contribution in [0.15, 0.2) is 24.3 Å². The molecule has 152 valence electrons. The predicted molar refractivity (Wildman–Crippen MR) is 109 cm³/mol. The highest BCUT2D eigenvalue weighted by Gasteiger charge is 2.12. The lowest BCUT2D eigenvalue weighted by Gasteiger charge is -2.20. The van der Waals surface area contributed by atoms with E-state index in [-0.39, 0.29) is 18.8 Å². The van der Waals surface area contributed by atoms with Crippen LogP contribution in [0.4, 0.5) is 4.79 Å². The molecule has 0 heterocycles. The SMILES string of the molecule is CCOc1ccc(OCNC(=O)NC2CCCCCCCCCCC2)cc1. The van der Waals surface area contributed by atoms with E-state index in [0.717, 1.165) is 18.6 Å². The Balaban J connectivity index is 1.67. The maximum absolute atomic E-state index is 12.2. The minimum absolute atomic E-state index is 0.141. The molecule has 0 aromatic heterocycles. The average Bonchev–Trinajstić information content (AvgIpc) is 2.65. The van der Waals surface area contributed by atoms with Gasteiger partial charge in [0.2, 0.25) is 0 Å². The molecule has 0 unspecified atom stereocenters. The fraction of sp³-hybridized carbons (Fsp3) is 0.682. The molecule has 5 nitrogen and oxygen atoms in total. The number of amides is 2. The van der Waals surface area contributed by atoms with Gasteiger partial charge in [-0.15, -0.1) is 0 Å². The van der Waals surface area contributed by atoms with Crippen molar-refractivity contribution in [2.45, 2.75) is 83.6 Å². The van der Waals surface area contributed by atoms with Crippen LogP contribution in [0.3, 0.4) is 0 Å². The molecule has 2 rings (SSSR count). The molecule has 2 amide bonds. The number of rotatable bonds is 6. The van der Waals surface area contributed by atoms with Crippen LogP contribution in [0.1, 0.15) is 77.6 Å². The minimum Gasteiger partial charge on any atom is -0.494 e. The third-order valence-electron chi connectivity index (χ3n) is 5.05. The molecule has 0 saturated heterocycles. The second-order valence-electron chi connectivity index (χ2n) is 7.30. The number of hydrogen-bond acceptors (Lipinski definition) is 3. The summed E-state index contributed by atoms with van der Waals surface area (Å²) < 4.78 is 11.0. The summed E-state index contributed by atoms with van der Waals surface area (Å²) in [6, 6.07) is 7.55. The van der Waals surface area contributed by atoms with Crippen molar-refractivity contribution in [2.75, 3.05) is 13.3 Å². The van der Waals surface area contributed by atoms with E-state index >= 15 is 0 Å². The molecule has 27 heavy (non-hydrogen) atoms.